The summed E-state index contributed by atoms with van der Waals surface area (Å²) in [5, 5.41) is 8.13. The van der Waals surface area contributed by atoms with E-state index in [1.54, 1.807) is 0 Å². The first-order chi connectivity index (χ1) is 10.6. The van der Waals surface area contributed by atoms with Gasteiger partial charge in [0, 0.05) is 12.6 Å². The third-order valence-electron chi connectivity index (χ3n) is 4.11. The highest BCUT2D eigenvalue weighted by Crippen LogP contribution is 2.34. The summed E-state index contributed by atoms with van der Waals surface area (Å²) in [6, 6.07) is 6.29. The van der Waals surface area contributed by atoms with Crippen LogP contribution in [0.1, 0.15) is 36.8 Å². The van der Waals surface area contributed by atoms with Crippen LogP contribution in [-0.2, 0) is 6.54 Å². The van der Waals surface area contributed by atoms with E-state index in [0.29, 0.717) is 13.2 Å². The molecule has 118 valence electrons. The number of anilines is 1. The average molecular weight is 301 g/mol. The normalized spacial score (nSPS) is 14.7. The molecule has 0 saturated heterocycles. The summed E-state index contributed by atoms with van der Waals surface area (Å²) in [6.07, 6.45) is 0. The zero-order chi connectivity index (χ0) is 15.7. The summed E-state index contributed by atoms with van der Waals surface area (Å²) in [5.74, 6) is 1.66. The number of fused-ring (bicyclic) bond motifs is 1. The molecule has 1 N–H and O–H groups in total. The summed E-state index contributed by atoms with van der Waals surface area (Å²) in [5.41, 5.74) is 4.49. The lowest BCUT2D eigenvalue weighted by Crippen LogP contribution is -2.16. The summed E-state index contributed by atoms with van der Waals surface area (Å²) in [4.78, 5) is 0. The molecule has 0 saturated carbocycles. The summed E-state index contributed by atoms with van der Waals surface area (Å²) in [7, 11) is 0. The number of hydrogen-bond acceptors (Lipinski definition) is 4. The molecule has 2 heterocycles. The monoisotopic (exact) mass is 301 g/mol. The van der Waals surface area contributed by atoms with Crippen molar-refractivity contribution in [3.63, 3.8) is 0 Å². The van der Waals surface area contributed by atoms with Crippen LogP contribution >= 0.6 is 0 Å². The van der Waals surface area contributed by atoms with Crippen molar-refractivity contribution in [1.29, 1.82) is 0 Å². The van der Waals surface area contributed by atoms with Crippen LogP contribution < -0.4 is 14.8 Å². The van der Waals surface area contributed by atoms with Gasteiger partial charge in [-0.3, -0.25) is 4.68 Å². The van der Waals surface area contributed by atoms with Gasteiger partial charge in [-0.15, -0.1) is 0 Å². The number of aryl methyl sites for hydroxylation is 2. The Kier molecular flexibility index (Phi) is 3.96. The highest BCUT2D eigenvalue weighted by Gasteiger charge is 2.17. The van der Waals surface area contributed by atoms with E-state index in [0.717, 1.165) is 29.4 Å². The number of benzene rings is 1. The third kappa shape index (κ3) is 2.63. The average Bonchev–Trinajstić information content (AvgIpc) is 2.81. The molecule has 1 aromatic heterocycles. The summed E-state index contributed by atoms with van der Waals surface area (Å²) < 4.78 is 13.3. The van der Waals surface area contributed by atoms with Gasteiger partial charge < -0.3 is 14.8 Å². The fourth-order valence-electron chi connectivity index (χ4n) is 2.84. The molecule has 1 atom stereocenters. The van der Waals surface area contributed by atoms with Gasteiger partial charge in [-0.2, -0.15) is 5.10 Å². The van der Waals surface area contributed by atoms with E-state index in [4.69, 9.17) is 9.47 Å². The van der Waals surface area contributed by atoms with Crippen molar-refractivity contribution < 1.29 is 9.47 Å². The van der Waals surface area contributed by atoms with Crippen LogP contribution in [-0.4, -0.2) is 23.0 Å². The Labute approximate surface area is 131 Å². The molecule has 0 fully saturated rings. The molecule has 3 rings (SSSR count). The quantitative estimate of drug-likeness (QED) is 0.939. The topological polar surface area (TPSA) is 48.3 Å². The number of rotatable bonds is 4. The Morgan fingerprint density at radius 3 is 2.64 bits per heavy atom. The van der Waals surface area contributed by atoms with Gasteiger partial charge in [0.25, 0.3) is 0 Å². The van der Waals surface area contributed by atoms with E-state index in [1.165, 1.54) is 11.3 Å². The first-order valence-corrected chi connectivity index (χ1v) is 7.80. The standard InChI is InChI=1S/C17H23N3O2/c1-5-20-13(4)17(12(3)19-20)18-11(2)14-6-7-15-16(10-14)22-9-8-21-15/h6-7,10-11,18H,5,8-9H2,1-4H3/t11-/m1/s1. The molecule has 0 spiro atoms. The predicted octanol–water partition coefficient (Wildman–Crippen LogP) is 3.46. The second-order valence-electron chi connectivity index (χ2n) is 5.63. The van der Waals surface area contributed by atoms with E-state index < -0.39 is 0 Å². The molecule has 5 heteroatoms. The van der Waals surface area contributed by atoms with Crippen LogP contribution in [0.4, 0.5) is 5.69 Å². The maximum absolute atomic E-state index is 5.66. The van der Waals surface area contributed by atoms with Gasteiger partial charge in [0.05, 0.1) is 17.1 Å². The van der Waals surface area contributed by atoms with E-state index in [1.807, 2.05) is 17.7 Å². The van der Waals surface area contributed by atoms with Crippen molar-refractivity contribution in [1.82, 2.24) is 9.78 Å². The lowest BCUT2D eigenvalue weighted by molar-refractivity contribution is 0.171. The Morgan fingerprint density at radius 1 is 1.23 bits per heavy atom. The molecule has 0 unspecified atom stereocenters. The van der Waals surface area contributed by atoms with Crippen LogP contribution in [0.5, 0.6) is 11.5 Å². The first-order valence-electron chi connectivity index (χ1n) is 7.80. The largest absolute Gasteiger partial charge is 0.486 e. The number of hydrogen-bond donors (Lipinski definition) is 1. The van der Waals surface area contributed by atoms with E-state index in [9.17, 15) is 0 Å². The van der Waals surface area contributed by atoms with Crippen LogP contribution in [0.15, 0.2) is 18.2 Å². The summed E-state index contributed by atoms with van der Waals surface area (Å²) >= 11 is 0. The highest BCUT2D eigenvalue weighted by molar-refractivity contribution is 5.54. The molecule has 1 aliphatic rings. The molecule has 22 heavy (non-hydrogen) atoms. The molecule has 2 aromatic rings. The molecule has 0 amide bonds. The van der Waals surface area contributed by atoms with Crippen molar-refractivity contribution >= 4 is 5.69 Å². The Hall–Kier alpha value is -2.17. The van der Waals surface area contributed by atoms with Gasteiger partial charge in [0.1, 0.15) is 13.2 Å². The van der Waals surface area contributed by atoms with Gasteiger partial charge in [-0.1, -0.05) is 6.07 Å². The number of nitrogens with zero attached hydrogens (tertiary/aromatic N) is 2. The molecule has 0 bridgehead atoms. The third-order valence-corrected chi connectivity index (χ3v) is 4.11. The molecule has 0 aliphatic carbocycles. The van der Waals surface area contributed by atoms with E-state index in [-0.39, 0.29) is 6.04 Å². The van der Waals surface area contributed by atoms with Crippen LogP contribution in [0.25, 0.3) is 0 Å². The molecular weight excluding hydrogens is 278 g/mol. The highest BCUT2D eigenvalue weighted by atomic mass is 16.6. The van der Waals surface area contributed by atoms with Crippen molar-refractivity contribution in [3.8, 4) is 11.5 Å². The summed E-state index contributed by atoms with van der Waals surface area (Å²) in [6.45, 7) is 10.5. The number of nitrogens with one attached hydrogen (secondary N) is 1. The minimum absolute atomic E-state index is 0.169. The van der Waals surface area contributed by atoms with Crippen molar-refractivity contribution in [2.75, 3.05) is 18.5 Å². The van der Waals surface area contributed by atoms with Gasteiger partial charge in [0.2, 0.25) is 0 Å². The lowest BCUT2D eigenvalue weighted by atomic mass is 10.1. The van der Waals surface area contributed by atoms with Gasteiger partial charge >= 0.3 is 0 Å². The van der Waals surface area contributed by atoms with E-state index >= 15 is 0 Å². The molecule has 1 aromatic carbocycles. The molecule has 5 nitrogen and oxygen atoms in total. The van der Waals surface area contributed by atoms with Crippen LogP contribution in [0.3, 0.4) is 0 Å². The zero-order valence-corrected chi connectivity index (χ0v) is 13.6. The number of ether oxygens (including phenoxy) is 2. The first kappa shape index (κ1) is 14.8. The Morgan fingerprint density at radius 2 is 1.95 bits per heavy atom. The molecular formula is C17H23N3O2. The fraction of sp³-hybridized carbons (Fsp3) is 0.471. The fourth-order valence-corrected chi connectivity index (χ4v) is 2.84. The molecule has 0 radical (unpaired) electrons. The van der Waals surface area contributed by atoms with Crippen molar-refractivity contribution in [2.45, 2.75) is 40.3 Å². The van der Waals surface area contributed by atoms with Crippen molar-refractivity contribution in [2.24, 2.45) is 0 Å². The maximum Gasteiger partial charge on any atom is 0.161 e. The van der Waals surface area contributed by atoms with Gasteiger partial charge in [-0.05, 0) is 45.4 Å². The van der Waals surface area contributed by atoms with Crippen LogP contribution in [0, 0.1) is 13.8 Å². The minimum Gasteiger partial charge on any atom is -0.486 e. The van der Waals surface area contributed by atoms with Gasteiger partial charge in [0.15, 0.2) is 11.5 Å². The van der Waals surface area contributed by atoms with Crippen molar-refractivity contribution in [3.05, 3.63) is 35.2 Å². The second kappa shape index (κ2) is 5.91. The van der Waals surface area contributed by atoms with Crippen LogP contribution in [0.2, 0.25) is 0 Å². The maximum atomic E-state index is 5.66. The Bertz CT molecular complexity index is 679. The SMILES string of the molecule is CCn1nc(C)c(N[C@H](C)c2ccc3c(c2)OCCO3)c1C. The Balaban J connectivity index is 1.83. The smallest absolute Gasteiger partial charge is 0.161 e. The minimum atomic E-state index is 0.169. The lowest BCUT2D eigenvalue weighted by Gasteiger charge is -2.21. The number of aromatic nitrogens is 2. The van der Waals surface area contributed by atoms with Gasteiger partial charge in [-0.25, -0.2) is 0 Å². The molecule has 1 aliphatic heterocycles. The second-order valence-corrected chi connectivity index (χ2v) is 5.63. The predicted molar refractivity (Wildman–Crippen MR) is 86.8 cm³/mol. The van der Waals surface area contributed by atoms with E-state index in [2.05, 4.69) is 43.3 Å². The zero-order valence-electron chi connectivity index (χ0n) is 13.6.